The second-order valence-electron chi connectivity index (χ2n) is 47.1. The van der Waals surface area contributed by atoms with E-state index in [1.807, 2.05) is 0 Å². The van der Waals surface area contributed by atoms with Gasteiger partial charge in [-0.1, -0.05) is 330 Å². The zero-order chi connectivity index (χ0) is 91.3. The number of rotatable bonds is 12. The van der Waals surface area contributed by atoms with Crippen molar-refractivity contribution in [1.29, 1.82) is 0 Å². The molecule has 15 rings (SSSR count). The smallest absolute Gasteiger partial charge is 0.205 e. The van der Waals surface area contributed by atoms with Crippen LogP contribution in [0.3, 0.4) is 0 Å². The van der Waals surface area contributed by atoms with E-state index >= 15 is 0 Å². The Morgan fingerprint density at radius 1 is 0.248 bits per heavy atom. The quantitative estimate of drug-likeness (QED) is 0.132. The minimum absolute atomic E-state index is 0.0114. The lowest BCUT2D eigenvalue weighted by Crippen LogP contribution is -2.33. The highest BCUT2D eigenvalue weighted by Gasteiger charge is 2.40. The Labute approximate surface area is 758 Å². The number of benzene rings is 11. The Morgan fingerprint density at radius 3 is 0.848 bits per heavy atom. The van der Waals surface area contributed by atoms with Crippen molar-refractivity contribution in [2.45, 2.75) is 312 Å². The van der Waals surface area contributed by atoms with E-state index in [1.165, 1.54) is 85.0 Å². The molecule has 13 aromatic rings. The van der Waals surface area contributed by atoms with Gasteiger partial charge in [0.2, 0.25) is 5.88 Å². The van der Waals surface area contributed by atoms with Crippen molar-refractivity contribution < 1.29 is 8.83 Å². The summed E-state index contributed by atoms with van der Waals surface area (Å²) in [7, 11) is 0. The van der Waals surface area contributed by atoms with E-state index < -0.39 is 0 Å². The van der Waals surface area contributed by atoms with Crippen LogP contribution in [0.15, 0.2) is 251 Å². The summed E-state index contributed by atoms with van der Waals surface area (Å²) in [6, 6.07) is 90.3. The van der Waals surface area contributed by atoms with Gasteiger partial charge in [0.05, 0.1) is 5.69 Å². The molecule has 125 heavy (non-hydrogen) atoms. The van der Waals surface area contributed by atoms with Gasteiger partial charge in [0.25, 0.3) is 0 Å². The first-order chi connectivity index (χ1) is 57.8. The molecule has 1 N–H and O–H groups in total. The van der Waals surface area contributed by atoms with Crippen molar-refractivity contribution in [3.8, 4) is 11.1 Å². The maximum absolute atomic E-state index is 7.13. The largest absolute Gasteiger partial charge is 0.440 e. The summed E-state index contributed by atoms with van der Waals surface area (Å²) in [4.78, 5) is 7.06. The van der Waals surface area contributed by atoms with Crippen molar-refractivity contribution in [3.63, 3.8) is 0 Å². The summed E-state index contributed by atoms with van der Waals surface area (Å²) < 4.78 is 13.3. The molecule has 0 bridgehead atoms. The monoisotopic (exact) mass is 1690 g/mol. The number of anilines is 11. The molecule has 2 aromatic heterocycles. The van der Waals surface area contributed by atoms with Gasteiger partial charge in [0, 0.05) is 73.4 Å². The number of halogens is 1. The van der Waals surface area contributed by atoms with E-state index in [0.717, 1.165) is 108 Å². The van der Waals surface area contributed by atoms with Crippen LogP contribution in [0.1, 0.15) is 314 Å². The summed E-state index contributed by atoms with van der Waals surface area (Å²) in [6.45, 7) is 73.2. The zero-order valence-electron chi connectivity index (χ0n) is 82.0. The lowest BCUT2D eigenvalue weighted by molar-refractivity contribution is 0.332. The summed E-state index contributed by atoms with van der Waals surface area (Å²) >= 11 is 6.62. The van der Waals surface area contributed by atoms with Gasteiger partial charge in [-0.15, -0.1) is 0 Å². The maximum Gasteiger partial charge on any atom is 0.205 e. The third-order valence-electron chi connectivity index (χ3n) is 26.7. The maximum atomic E-state index is 7.13. The van der Waals surface area contributed by atoms with Gasteiger partial charge in [0.15, 0.2) is 5.88 Å². The highest BCUT2D eigenvalue weighted by molar-refractivity contribution is 6.31. The zero-order valence-corrected chi connectivity index (χ0v) is 82.7. The lowest BCUT2D eigenvalue weighted by Gasteiger charge is -2.41. The Morgan fingerprint density at radius 2 is 0.520 bits per heavy atom. The molecule has 0 spiro atoms. The molecule has 0 aliphatic heterocycles. The van der Waals surface area contributed by atoms with Crippen molar-refractivity contribution in [3.05, 3.63) is 314 Å². The van der Waals surface area contributed by atoms with E-state index in [2.05, 4.69) is 484 Å². The Hall–Kier alpha value is -10.0. The minimum Gasteiger partial charge on any atom is -0.440 e. The normalized spacial score (nSPS) is 15.2. The van der Waals surface area contributed by atoms with Crippen LogP contribution < -0.4 is 20.0 Å². The summed E-state index contributed by atoms with van der Waals surface area (Å²) in [6.07, 6.45) is 4.75. The van der Waals surface area contributed by atoms with Gasteiger partial charge < -0.3 is 24.0 Å². The van der Waals surface area contributed by atoms with Crippen LogP contribution in [0, 0.1) is 0 Å². The van der Waals surface area contributed by atoms with Crippen LogP contribution in [0.5, 0.6) is 0 Å². The molecular weight excluding hydrogens is 1540 g/mol. The van der Waals surface area contributed by atoms with Gasteiger partial charge in [0.1, 0.15) is 11.2 Å². The Kier molecular flexibility index (Phi) is 24.9. The van der Waals surface area contributed by atoms with Gasteiger partial charge in [-0.3, -0.25) is 4.90 Å². The van der Waals surface area contributed by atoms with Crippen LogP contribution in [-0.2, 0) is 65.0 Å². The van der Waals surface area contributed by atoms with Gasteiger partial charge in [-0.05, 0) is 302 Å². The van der Waals surface area contributed by atoms with E-state index in [0.29, 0.717) is 0 Å². The minimum atomic E-state index is 0.0114. The van der Waals surface area contributed by atoms with Crippen LogP contribution in [-0.4, -0.2) is 0 Å². The number of fused-ring (bicyclic) bond motifs is 4. The first-order valence-electron chi connectivity index (χ1n) is 45.9. The fourth-order valence-corrected chi connectivity index (χ4v) is 18.0. The van der Waals surface area contributed by atoms with Crippen molar-refractivity contribution >= 4 is 96.5 Å². The molecule has 11 aromatic carbocycles. The van der Waals surface area contributed by atoms with Crippen LogP contribution in [0.2, 0.25) is 5.02 Å². The van der Waals surface area contributed by atoms with Crippen molar-refractivity contribution in [2.75, 3.05) is 20.0 Å². The predicted octanol–water partition coefficient (Wildman–Crippen LogP) is 36.1. The van der Waals surface area contributed by atoms with E-state index in [-0.39, 0.29) is 65.0 Å². The number of furan rings is 2. The first-order valence-corrected chi connectivity index (χ1v) is 46.2. The molecule has 0 saturated carbocycles. The van der Waals surface area contributed by atoms with Crippen LogP contribution in [0.4, 0.5) is 63.0 Å². The molecule has 656 valence electrons. The molecule has 7 heteroatoms. The van der Waals surface area contributed by atoms with Crippen LogP contribution in [0.25, 0.3) is 33.1 Å². The Bertz CT molecular complexity index is 5750. The highest BCUT2D eigenvalue weighted by Crippen LogP contribution is 2.53. The summed E-state index contributed by atoms with van der Waals surface area (Å²) in [5.74, 6) is 1.60. The molecule has 0 atom stereocenters. The SMILES string of the molecule is CC(C)(C)c1ccc(-c2cc(N(c3ccc(C(C)(C)C)cc3)c3ccc(C(C)(C)C)cc3)cc(N(c3ccc(C(C)(C)C)cc3)c3cc4cc5c(cc4o3)C(C)(C)CCC5(C)C)c2)cc1.CC(C)(C)c1ccc(N(c2ccc(C(C)(C)C)cc2)c2cc(Cl)cc(C(C)(C)C)c2)cc1.CC(C)(C)c1ccc(Nc2cc3cc4c(cc3o2)C(C)(C)CCC4(C)C)cc1. The fourth-order valence-electron chi connectivity index (χ4n) is 17.7. The lowest BCUT2D eigenvalue weighted by atomic mass is 9.63. The molecule has 0 radical (unpaired) electrons. The molecule has 2 heterocycles. The topological polar surface area (TPSA) is 48.0 Å². The van der Waals surface area contributed by atoms with Crippen LogP contribution >= 0.6 is 11.6 Å². The van der Waals surface area contributed by atoms with Gasteiger partial charge >= 0.3 is 0 Å². The number of nitrogens with one attached hydrogen (secondary N) is 1. The third-order valence-corrected chi connectivity index (χ3v) is 26.9. The molecule has 0 fully saturated rings. The predicted molar refractivity (Wildman–Crippen MR) is 543 cm³/mol. The van der Waals surface area contributed by atoms with E-state index in [9.17, 15) is 0 Å². The summed E-state index contributed by atoms with van der Waals surface area (Å²) in [5, 5.41) is 6.51. The van der Waals surface area contributed by atoms with Crippen molar-refractivity contribution in [2.24, 2.45) is 0 Å². The first kappa shape index (κ1) is 92.7. The average molecular weight is 1690 g/mol. The standard InChI is InChI=1S/C62H74N2O.C30H38ClN.C26H33NO/c1-57(2,3)44-19-17-41(18-20-44)42-35-51(63(48-27-21-45(22-28-48)58(4,5)6)49-29-23-46(24-30-49)59(7,8)9)39-52(36-42)64(50-31-25-47(26-32-50)60(10,11)12)56-38-43-37-53-54(40-55(43)65-56)62(15,16)34-33-61(53,13)14;1-28(2,3)21-10-14-25(15-11-21)32(26-16-12-22(13-17-26)29(4,5)6)27-19-23(30(7,8)9)18-24(31)20-27;1-24(2,3)18-8-10-19(11-9-18)27-23-15-17-14-20-21(16-22(17)28-23)26(6,7)13-12-25(20,4)5/h17-32,35-40H,33-34H2,1-16H3;10-20H,1-9H3;8-11,14-16,27H,12-13H2,1-7H3. The third kappa shape index (κ3) is 20.8. The second-order valence-corrected chi connectivity index (χ2v) is 47.5. The number of nitrogens with zero attached hydrogens (tertiary/aromatic N) is 3. The molecule has 6 nitrogen and oxygen atoms in total. The number of hydrogen-bond acceptors (Lipinski definition) is 6. The second kappa shape index (κ2) is 33.6. The molecule has 0 saturated heterocycles. The molecule has 2 aliphatic rings. The molecule has 2 aliphatic carbocycles. The van der Waals surface area contributed by atoms with E-state index in [1.54, 1.807) is 0 Å². The van der Waals surface area contributed by atoms with Gasteiger partial charge in [-0.2, -0.15) is 0 Å². The molecule has 0 amide bonds. The average Bonchev–Trinajstić information content (AvgIpc) is 1.57. The molecular formula is C118H145ClN4O2. The van der Waals surface area contributed by atoms with Gasteiger partial charge in [-0.25, -0.2) is 0 Å². The Balaban J connectivity index is 0.000000184. The van der Waals surface area contributed by atoms with E-state index in [4.69, 9.17) is 20.4 Å². The fraction of sp³-hybridized carbons (Fsp3) is 0.407. The van der Waals surface area contributed by atoms with Crippen molar-refractivity contribution in [1.82, 2.24) is 0 Å². The molecule has 0 unspecified atom stereocenters. The highest BCUT2D eigenvalue weighted by atomic mass is 35.5. The summed E-state index contributed by atoms with van der Waals surface area (Å²) in [5.41, 5.74) is 31.2. The number of hydrogen-bond donors (Lipinski definition) is 1.